The molecule has 0 saturated carbocycles. The van der Waals surface area contributed by atoms with E-state index in [-0.39, 0.29) is 6.04 Å². The van der Waals surface area contributed by atoms with Crippen molar-refractivity contribution in [2.75, 3.05) is 32.0 Å². The van der Waals surface area contributed by atoms with Crippen LogP contribution >= 0.6 is 30.9 Å². The van der Waals surface area contributed by atoms with Crippen LogP contribution in [0, 0.1) is 0 Å². The van der Waals surface area contributed by atoms with Crippen LogP contribution in [-0.2, 0) is 9.09 Å². The Bertz CT molecular complexity index is 217. The Morgan fingerprint density at radius 2 is 2.00 bits per heavy atom. The van der Waals surface area contributed by atoms with Gasteiger partial charge >= 0.3 is 7.67 Å². The van der Waals surface area contributed by atoms with Gasteiger partial charge in [-0.15, -0.1) is 23.2 Å². The van der Waals surface area contributed by atoms with Crippen molar-refractivity contribution in [2.45, 2.75) is 19.9 Å². The quantitative estimate of drug-likeness (QED) is 0.547. The van der Waals surface area contributed by atoms with Gasteiger partial charge in [0.1, 0.15) is 0 Å². The molecule has 0 aromatic carbocycles. The third kappa shape index (κ3) is 5.03. The molecule has 7 heteroatoms. The Kier molecular flexibility index (Phi) is 8.24. The van der Waals surface area contributed by atoms with Gasteiger partial charge in [0, 0.05) is 38.0 Å². The SMILES string of the molecule is COP(=O)(NCCCl)N(CCCl)C(C)C. The Labute approximate surface area is 102 Å². The van der Waals surface area contributed by atoms with Gasteiger partial charge in [-0.05, 0) is 13.8 Å². The zero-order chi connectivity index (χ0) is 11.9. The van der Waals surface area contributed by atoms with Crippen molar-refractivity contribution in [3.05, 3.63) is 0 Å². The van der Waals surface area contributed by atoms with Crippen LogP contribution in [0.1, 0.15) is 13.8 Å². The smallest absolute Gasteiger partial charge is 0.309 e. The molecule has 0 fully saturated rings. The molecule has 0 aliphatic rings. The summed E-state index contributed by atoms with van der Waals surface area (Å²) in [6.07, 6.45) is 0. The van der Waals surface area contributed by atoms with Crippen molar-refractivity contribution < 1.29 is 9.09 Å². The van der Waals surface area contributed by atoms with Gasteiger partial charge in [-0.1, -0.05) is 0 Å². The third-order valence-electron chi connectivity index (χ3n) is 1.90. The van der Waals surface area contributed by atoms with Gasteiger partial charge < -0.3 is 4.52 Å². The lowest BCUT2D eigenvalue weighted by Gasteiger charge is -2.32. The molecule has 0 bridgehead atoms. The normalized spacial score (nSPS) is 15.9. The summed E-state index contributed by atoms with van der Waals surface area (Å²) < 4.78 is 19.1. The molecule has 0 radical (unpaired) electrons. The van der Waals surface area contributed by atoms with Gasteiger partial charge in [0.2, 0.25) is 0 Å². The maximum Gasteiger partial charge on any atom is 0.343 e. The van der Waals surface area contributed by atoms with E-state index in [9.17, 15) is 4.57 Å². The molecule has 1 unspecified atom stereocenters. The average molecular weight is 277 g/mol. The molecule has 0 aliphatic carbocycles. The van der Waals surface area contributed by atoms with Crippen LogP contribution in [0.5, 0.6) is 0 Å². The lowest BCUT2D eigenvalue weighted by atomic mass is 10.4. The molecule has 92 valence electrons. The van der Waals surface area contributed by atoms with Crippen molar-refractivity contribution in [3.63, 3.8) is 0 Å². The zero-order valence-corrected chi connectivity index (χ0v) is 11.8. The third-order valence-corrected chi connectivity index (χ3v) is 4.72. The summed E-state index contributed by atoms with van der Waals surface area (Å²) >= 11 is 11.2. The minimum atomic E-state index is -2.99. The molecule has 0 saturated heterocycles. The fraction of sp³-hybridized carbons (Fsp3) is 1.00. The van der Waals surface area contributed by atoms with Gasteiger partial charge in [0.15, 0.2) is 0 Å². The number of alkyl halides is 2. The van der Waals surface area contributed by atoms with E-state index in [4.69, 9.17) is 27.7 Å². The molecule has 0 rings (SSSR count). The monoisotopic (exact) mass is 276 g/mol. The summed E-state index contributed by atoms with van der Waals surface area (Å²) in [4.78, 5) is 0. The number of halogens is 2. The topological polar surface area (TPSA) is 41.6 Å². The summed E-state index contributed by atoms with van der Waals surface area (Å²) in [5.41, 5.74) is 0. The molecule has 0 aromatic rings. The van der Waals surface area contributed by atoms with E-state index in [0.717, 1.165) is 0 Å². The van der Waals surface area contributed by atoms with Crippen molar-refractivity contribution in [1.82, 2.24) is 9.76 Å². The largest absolute Gasteiger partial charge is 0.343 e. The highest BCUT2D eigenvalue weighted by Gasteiger charge is 2.31. The van der Waals surface area contributed by atoms with Crippen molar-refractivity contribution >= 4 is 30.9 Å². The van der Waals surface area contributed by atoms with E-state index in [1.54, 1.807) is 4.67 Å². The predicted molar refractivity (Wildman–Crippen MR) is 65.9 cm³/mol. The Morgan fingerprint density at radius 3 is 2.33 bits per heavy atom. The van der Waals surface area contributed by atoms with Crippen LogP contribution < -0.4 is 5.09 Å². The van der Waals surface area contributed by atoms with E-state index < -0.39 is 7.67 Å². The van der Waals surface area contributed by atoms with Crippen LogP contribution in [0.25, 0.3) is 0 Å². The molecule has 0 spiro atoms. The fourth-order valence-electron chi connectivity index (χ4n) is 1.22. The lowest BCUT2D eigenvalue weighted by Crippen LogP contribution is -2.36. The van der Waals surface area contributed by atoms with Crippen LogP contribution in [0.4, 0.5) is 0 Å². The number of nitrogens with zero attached hydrogens (tertiary/aromatic N) is 1. The number of rotatable bonds is 8. The first-order valence-electron chi connectivity index (χ1n) is 4.81. The zero-order valence-electron chi connectivity index (χ0n) is 9.37. The predicted octanol–water partition coefficient (Wildman–Crippen LogP) is 2.52. The van der Waals surface area contributed by atoms with Crippen LogP contribution in [0.15, 0.2) is 0 Å². The Morgan fingerprint density at radius 1 is 1.40 bits per heavy atom. The van der Waals surface area contributed by atoms with Crippen LogP contribution in [0.3, 0.4) is 0 Å². The summed E-state index contributed by atoms with van der Waals surface area (Å²) in [6.45, 7) is 4.85. The molecular weight excluding hydrogens is 258 g/mol. The highest BCUT2D eigenvalue weighted by Crippen LogP contribution is 2.46. The summed E-state index contributed by atoms with van der Waals surface area (Å²) in [5.74, 6) is 0.800. The average Bonchev–Trinajstić information content (AvgIpc) is 2.22. The van der Waals surface area contributed by atoms with E-state index in [2.05, 4.69) is 5.09 Å². The van der Waals surface area contributed by atoms with Gasteiger partial charge in [0.05, 0.1) is 0 Å². The van der Waals surface area contributed by atoms with Crippen LogP contribution in [-0.4, -0.2) is 42.7 Å². The van der Waals surface area contributed by atoms with Crippen molar-refractivity contribution in [1.29, 1.82) is 0 Å². The number of nitrogens with one attached hydrogen (secondary N) is 1. The standard InChI is InChI=1S/C8H19Cl2N2O2P/c1-8(2)12(7-5-10)15(13,14-3)11-6-4-9/h8H,4-7H2,1-3H3,(H,11,13). The molecule has 15 heavy (non-hydrogen) atoms. The highest BCUT2D eigenvalue weighted by molar-refractivity contribution is 7.54. The second kappa shape index (κ2) is 7.88. The molecule has 0 heterocycles. The minimum absolute atomic E-state index is 0.0948. The van der Waals surface area contributed by atoms with Crippen molar-refractivity contribution in [2.24, 2.45) is 0 Å². The number of hydrogen-bond acceptors (Lipinski definition) is 2. The maximum absolute atomic E-state index is 12.3. The van der Waals surface area contributed by atoms with E-state index >= 15 is 0 Å². The highest BCUT2D eigenvalue weighted by atomic mass is 35.5. The van der Waals surface area contributed by atoms with Gasteiger partial charge in [-0.3, -0.25) is 4.57 Å². The fourth-order valence-corrected chi connectivity index (χ4v) is 3.64. The number of hydrogen-bond donors (Lipinski definition) is 1. The van der Waals surface area contributed by atoms with Gasteiger partial charge in [-0.25, -0.2) is 9.76 Å². The van der Waals surface area contributed by atoms with E-state index in [1.807, 2.05) is 13.8 Å². The van der Waals surface area contributed by atoms with E-state index in [1.165, 1.54) is 7.11 Å². The van der Waals surface area contributed by atoms with E-state index in [0.29, 0.717) is 24.8 Å². The summed E-state index contributed by atoms with van der Waals surface area (Å²) in [7, 11) is -1.56. The molecular formula is C8H19Cl2N2O2P. The Hall–Kier alpha value is 0.690. The molecule has 0 aromatic heterocycles. The van der Waals surface area contributed by atoms with Crippen molar-refractivity contribution in [3.8, 4) is 0 Å². The summed E-state index contributed by atoms with van der Waals surface area (Å²) in [5, 5.41) is 2.83. The second-order valence-electron chi connectivity index (χ2n) is 3.25. The lowest BCUT2D eigenvalue weighted by molar-refractivity contribution is 0.274. The maximum atomic E-state index is 12.3. The molecule has 1 N–H and O–H groups in total. The molecule has 0 aliphatic heterocycles. The first-order chi connectivity index (χ1) is 7.01. The second-order valence-corrected chi connectivity index (χ2v) is 6.24. The molecule has 0 amide bonds. The molecule has 1 atom stereocenters. The molecule has 4 nitrogen and oxygen atoms in total. The first kappa shape index (κ1) is 15.7. The van der Waals surface area contributed by atoms with Gasteiger partial charge in [0.25, 0.3) is 0 Å². The first-order valence-corrected chi connectivity index (χ1v) is 7.46. The summed E-state index contributed by atoms with van der Waals surface area (Å²) in [6, 6.07) is 0.0948. The van der Waals surface area contributed by atoms with Crippen LogP contribution in [0.2, 0.25) is 0 Å². The minimum Gasteiger partial charge on any atom is -0.309 e. The van der Waals surface area contributed by atoms with Gasteiger partial charge in [-0.2, -0.15) is 0 Å². The Balaban J connectivity index is 4.61.